The molecule has 0 spiro atoms. The molecule has 1 aromatic rings. The highest BCUT2D eigenvalue weighted by atomic mass is 19.4. The minimum atomic E-state index is -4.50. The third-order valence-corrected chi connectivity index (χ3v) is 2.04. The zero-order valence-corrected chi connectivity index (χ0v) is 8.54. The van der Waals surface area contributed by atoms with E-state index < -0.39 is 11.9 Å². The highest BCUT2D eigenvalue weighted by Crippen LogP contribution is 2.30. The topological polar surface area (TPSA) is 77.0 Å². The Labute approximate surface area is 90.0 Å². The molecule has 1 rings (SSSR count). The number of aliphatic hydroxyl groups excluding tert-OH is 1. The molecule has 0 amide bonds. The van der Waals surface area contributed by atoms with Gasteiger partial charge in [-0.1, -0.05) is 5.21 Å². The van der Waals surface area contributed by atoms with Crippen LogP contribution in [0.2, 0.25) is 0 Å². The summed E-state index contributed by atoms with van der Waals surface area (Å²) in [7, 11) is 0. The van der Waals surface area contributed by atoms with E-state index in [1.165, 1.54) is 0 Å². The second kappa shape index (κ2) is 5.26. The molecule has 8 heteroatoms. The molecule has 0 aromatic carbocycles. The molecule has 0 aliphatic rings. The molecule has 0 saturated heterocycles. The number of alkyl halides is 3. The number of aryl methyl sites for hydroxylation is 1. The molecule has 0 unspecified atom stereocenters. The molecular weight excluding hydrogens is 225 g/mol. The summed E-state index contributed by atoms with van der Waals surface area (Å²) in [5, 5.41) is 15.3. The van der Waals surface area contributed by atoms with E-state index in [0.29, 0.717) is 12.8 Å². The van der Waals surface area contributed by atoms with Gasteiger partial charge in [-0.15, -0.1) is 5.10 Å². The molecule has 0 saturated carbocycles. The Balaban J connectivity index is 2.88. The van der Waals surface area contributed by atoms with Gasteiger partial charge in [0.1, 0.15) is 5.69 Å². The number of aromatic nitrogens is 3. The molecule has 0 aliphatic heterocycles. The largest absolute Gasteiger partial charge is 0.434 e. The van der Waals surface area contributed by atoms with Gasteiger partial charge in [-0.3, -0.25) is 0 Å². The van der Waals surface area contributed by atoms with E-state index in [-0.39, 0.29) is 25.4 Å². The summed E-state index contributed by atoms with van der Waals surface area (Å²) in [6.07, 6.45) is -3.67. The normalized spacial score (nSPS) is 12.1. The third-order valence-electron chi connectivity index (χ3n) is 2.04. The van der Waals surface area contributed by atoms with Crippen molar-refractivity contribution in [2.24, 2.45) is 5.73 Å². The van der Waals surface area contributed by atoms with Gasteiger partial charge in [0.25, 0.3) is 0 Å². The first kappa shape index (κ1) is 12.9. The molecule has 0 aliphatic carbocycles. The van der Waals surface area contributed by atoms with Crippen molar-refractivity contribution in [3.8, 4) is 0 Å². The lowest BCUT2D eigenvalue weighted by atomic mass is 10.3. The lowest BCUT2D eigenvalue weighted by Crippen LogP contribution is -2.18. The van der Waals surface area contributed by atoms with Gasteiger partial charge in [0.05, 0.1) is 0 Å². The number of unbranched alkanes of at least 4 members (excludes halogenated alkanes) is 1. The van der Waals surface area contributed by atoms with Crippen LogP contribution >= 0.6 is 0 Å². The number of rotatable bonds is 5. The Hall–Kier alpha value is -1.15. The molecule has 1 heterocycles. The summed E-state index contributed by atoms with van der Waals surface area (Å²) in [5.74, 6) is 0. The van der Waals surface area contributed by atoms with E-state index in [1.807, 2.05) is 0 Å². The fourth-order valence-electron chi connectivity index (χ4n) is 1.33. The smallest absolute Gasteiger partial charge is 0.396 e. The standard InChI is InChI=1S/C8H13F3N4O/c9-8(10,11)7-6(5-12)13-14-15(7)3-1-2-4-16/h16H,1-5,12H2. The van der Waals surface area contributed by atoms with Crippen molar-refractivity contribution >= 4 is 0 Å². The average molecular weight is 238 g/mol. The average Bonchev–Trinajstić information content (AvgIpc) is 2.61. The second-order valence-corrected chi connectivity index (χ2v) is 3.24. The molecule has 3 N–H and O–H groups in total. The Morgan fingerprint density at radius 1 is 1.31 bits per heavy atom. The summed E-state index contributed by atoms with van der Waals surface area (Å²) in [5.41, 5.74) is 4.01. The van der Waals surface area contributed by atoms with Crippen LogP contribution in [0.15, 0.2) is 0 Å². The van der Waals surface area contributed by atoms with Crippen LogP contribution in [-0.2, 0) is 19.3 Å². The molecule has 0 atom stereocenters. The third kappa shape index (κ3) is 2.92. The predicted molar refractivity (Wildman–Crippen MR) is 49.2 cm³/mol. The van der Waals surface area contributed by atoms with Crippen LogP contribution in [0, 0.1) is 0 Å². The predicted octanol–water partition coefficient (Wildman–Crippen LogP) is 0.528. The van der Waals surface area contributed by atoms with E-state index in [1.54, 1.807) is 0 Å². The van der Waals surface area contributed by atoms with Gasteiger partial charge in [-0.05, 0) is 12.8 Å². The molecule has 5 nitrogen and oxygen atoms in total. The monoisotopic (exact) mass is 238 g/mol. The van der Waals surface area contributed by atoms with Gasteiger partial charge in [0.15, 0.2) is 5.69 Å². The van der Waals surface area contributed by atoms with Crippen LogP contribution in [-0.4, -0.2) is 26.7 Å². The first-order chi connectivity index (χ1) is 7.50. The zero-order chi connectivity index (χ0) is 12.2. The summed E-state index contributed by atoms with van der Waals surface area (Å²) in [4.78, 5) is 0. The maximum Gasteiger partial charge on any atom is 0.434 e. The number of nitrogens with two attached hydrogens (primary N) is 1. The number of aliphatic hydroxyl groups is 1. The van der Waals surface area contributed by atoms with Crippen LogP contribution in [0.4, 0.5) is 13.2 Å². The van der Waals surface area contributed by atoms with E-state index >= 15 is 0 Å². The summed E-state index contributed by atoms with van der Waals surface area (Å²) in [6, 6.07) is 0. The van der Waals surface area contributed by atoms with Gasteiger partial charge >= 0.3 is 6.18 Å². The minimum absolute atomic E-state index is 0.0558. The molecule has 92 valence electrons. The van der Waals surface area contributed by atoms with E-state index in [0.717, 1.165) is 4.68 Å². The molecular formula is C8H13F3N4O. The lowest BCUT2D eigenvalue weighted by Gasteiger charge is -2.10. The van der Waals surface area contributed by atoms with Gasteiger partial charge in [-0.25, -0.2) is 4.68 Å². The Kier molecular flexibility index (Phi) is 4.25. The molecule has 0 bridgehead atoms. The van der Waals surface area contributed by atoms with Gasteiger partial charge in [0.2, 0.25) is 0 Å². The van der Waals surface area contributed by atoms with Gasteiger partial charge < -0.3 is 10.8 Å². The Morgan fingerprint density at radius 3 is 2.50 bits per heavy atom. The molecule has 16 heavy (non-hydrogen) atoms. The van der Waals surface area contributed by atoms with Crippen molar-refractivity contribution in [2.45, 2.75) is 32.1 Å². The number of hydrogen-bond acceptors (Lipinski definition) is 4. The van der Waals surface area contributed by atoms with Crippen LogP contribution in [0.25, 0.3) is 0 Å². The van der Waals surface area contributed by atoms with Crippen molar-refractivity contribution in [3.05, 3.63) is 11.4 Å². The quantitative estimate of drug-likeness (QED) is 0.733. The van der Waals surface area contributed by atoms with Crippen molar-refractivity contribution in [1.29, 1.82) is 0 Å². The highest BCUT2D eigenvalue weighted by Gasteiger charge is 2.38. The molecule has 1 aromatic heterocycles. The van der Waals surface area contributed by atoms with Crippen LogP contribution in [0.5, 0.6) is 0 Å². The first-order valence-electron chi connectivity index (χ1n) is 4.81. The van der Waals surface area contributed by atoms with Crippen molar-refractivity contribution in [1.82, 2.24) is 15.0 Å². The minimum Gasteiger partial charge on any atom is -0.396 e. The summed E-state index contributed by atoms with van der Waals surface area (Å²) < 4.78 is 38.7. The van der Waals surface area contributed by atoms with Gasteiger partial charge in [0, 0.05) is 19.7 Å². The van der Waals surface area contributed by atoms with Crippen molar-refractivity contribution in [3.63, 3.8) is 0 Å². The molecule has 0 radical (unpaired) electrons. The van der Waals surface area contributed by atoms with Gasteiger partial charge in [-0.2, -0.15) is 13.2 Å². The molecule has 0 fully saturated rings. The summed E-state index contributed by atoms with van der Waals surface area (Å²) >= 11 is 0. The lowest BCUT2D eigenvalue weighted by molar-refractivity contribution is -0.144. The second-order valence-electron chi connectivity index (χ2n) is 3.24. The zero-order valence-electron chi connectivity index (χ0n) is 8.54. The Bertz CT molecular complexity index is 337. The fraction of sp³-hybridized carbons (Fsp3) is 0.750. The number of halogens is 3. The van der Waals surface area contributed by atoms with E-state index in [9.17, 15) is 13.2 Å². The first-order valence-corrected chi connectivity index (χ1v) is 4.81. The fourth-order valence-corrected chi connectivity index (χ4v) is 1.33. The Morgan fingerprint density at radius 2 is 2.00 bits per heavy atom. The van der Waals surface area contributed by atoms with Crippen molar-refractivity contribution in [2.75, 3.05) is 6.61 Å². The summed E-state index contributed by atoms with van der Waals surface area (Å²) in [6.45, 7) is -0.281. The van der Waals surface area contributed by atoms with Crippen LogP contribution in [0.3, 0.4) is 0 Å². The van der Waals surface area contributed by atoms with Crippen LogP contribution in [0.1, 0.15) is 24.2 Å². The SMILES string of the molecule is NCc1nnn(CCCCO)c1C(F)(F)F. The maximum atomic E-state index is 12.6. The number of hydrogen-bond donors (Lipinski definition) is 2. The maximum absolute atomic E-state index is 12.6. The van der Waals surface area contributed by atoms with E-state index in [2.05, 4.69) is 10.3 Å². The highest BCUT2D eigenvalue weighted by molar-refractivity contribution is 5.13. The number of nitrogens with zero attached hydrogens (tertiary/aromatic N) is 3. The van der Waals surface area contributed by atoms with E-state index in [4.69, 9.17) is 10.8 Å². The van der Waals surface area contributed by atoms with Crippen molar-refractivity contribution < 1.29 is 18.3 Å². The van der Waals surface area contributed by atoms with Crippen LogP contribution < -0.4 is 5.73 Å².